The average molecular weight is 242 g/mol. The van der Waals surface area contributed by atoms with Gasteiger partial charge in [-0.25, -0.2) is 0 Å². The van der Waals surface area contributed by atoms with Gasteiger partial charge in [-0.15, -0.1) is 11.3 Å². The fraction of sp³-hybridized carbons (Fsp3) is 0.583. The summed E-state index contributed by atoms with van der Waals surface area (Å²) < 4.78 is 0.749. The lowest BCUT2D eigenvalue weighted by Crippen LogP contribution is -2.36. The third-order valence-electron chi connectivity index (χ3n) is 3.07. The Labute approximate surface area is 101 Å². The molecule has 82 valence electrons. The highest BCUT2D eigenvalue weighted by Crippen LogP contribution is 2.43. The molecule has 0 aliphatic heterocycles. The summed E-state index contributed by atoms with van der Waals surface area (Å²) in [5.74, 6) is 0.518. The standard InChI is InChI=1S/C12H16ClNS/c1-8(2)12(7-14,9(3)4)10-5-6-15-11(10)13/h5-6,8-9H,1-4H3. The zero-order valence-electron chi connectivity index (χ0n) is 9.54. The van der Waals surface area contributed by atoms with Gasteiger partial charge in [0.25, 0.3) is 0 Å². The molecule has 0 aromatic carbocycles. The maximum Gasteiger partial charge on any atom is 0.0976 e. The van der Waals surface area contributed by atoms with Gasteiger partial charge in [-0.2, -0.15) is 5.26 Å². The lowest BCUT2D eigenvalue weighted by molar-refractivity contribution is 0.296. The molecule has 0 atom stereocenters. The van der Waals surface area contributed by atoms with Crippen molar-refractivity contribution in [2.45, 2.75) is 33.1 Å². The Bertz CT molecular complexity index is 365. The van der Waals surface area contributed by atoms with E-state index in [1.165, 1.54) is 11.3 Å². The molecule has 1 heterocycles. The Kier molecular flexibility index (Phi) is 3.81. The van der Waals surface area contributed by atoms with Crippen molar-refractivity contribution in [3.8, 4) is 6.07 Å². The molecule has 0 saturated heterocycles. The fourth-order valence-corrected chi connectivity index (χ4v) is 3.26. The van der Waals surface area contributed by atoms with Crippen LogP contribution in [0.2, 0.25) is 4.34 Å². The Balaban J connectivity index is 3.36. The van der Waals surface area contributed by atoms with Crippen LogP contribution < -0.4 is 0 Å². The van der Waals surface area contributed by atoms with Crippen LogP contribution in [-0.4, -0.2) is 0 Å². The number of hydrogen-bond donors (Lipinski definition) is 0. The van der Waals surface area contributed by atoms with Crippen LogP contribution in [0.15, 0.2) is 11.4 Å². The van der Waals surface area contributed by atoms with Crippen molar-refractivity contribution in [2.75, 3.05) is 0 Å². The van der Waals surface area contributed by atoms with Crippen LogP contribution in [0.3, 0.4) is 0 Å². The molecule has 3 heteroatoms. The number of nitriles is 1. The lowest BCUT2D eigenvalue weighted by atomic mass is 9.66. The van der Waals surface area contributed by atoms with Gasteiger partial charge < -0.3 is 0 Å². The van der Waals surface area contributed by atoms with Crippen LogP contribution in [0.5, 0.6) is 0 Å². The second kappa shape index (κ2) is 4.55. The number of nitrogens with zero attached hydrogens (tertiary/aromatic N) is 1. The fourth-order valence-electron chi connectivity index (χ4n) is 2.20. The van der Waals surface area contributed by atoms with Gasteiger partial charge in [0.15, 0.2) is 0 Å². The molecular formula is C12H16ClNS. The molecule has 0 fully saturated rings. The van der Waals surface area contributed by atoms with E-state index in [2.05, 4.69) is 33.8 Å². The van der Waals surface area contributed by atoms with Crippen LogP contribution in [0.1, 0.15) is 33.3 Å². The Hall–Kier alpha value is -0.520. The van der Waals surface area contributed by atoms with Gasteiger partial charge in [0.1, 0.15) is 0 Å². The first-order valence-electron chi connectivity index (χ1n) is 5.11. The van der Waals surface area contributed by atoms with Gasteiger partial charge >= 0.3 is 0 Å². The van der Waals surface area contributed by atoms with E-state index < -0.39 is 5.41 Å². The smallest absolute Gasteiger partial charge is 0.0976 e. The molecule has 15 heavy (non-hydrogen) atoms. The highest BCUT2D eigenvalue weighted by molar-refractivity contribution is 7.14. The second-order valence-corrected chi connectivity index (χ2v) is 5.92. The van der Waals surface area contributed by atoms with Crippen molar-refractivity contribution in [1.29, 1.82) is 5.26 Å². The zero-order chi connectivity index (χ0) is 11.6. The second-order valence-electron chi connectivity index (χ2n) is 4.40. The monoisotopic (exact) mass is 241 g/mol. The quantitative estimate of drug-likeness (QED) is 0.766. The van der Waals surface area contributed by atoms with Gasteiger partial charge in [0.2, 0.25) is 0 Å². The SMILES string of the molecule is CC(C)C(C#N)(c1ccsc1Cl)C(C)C. The third kappa shape index (κ3) is 1.91. The third-order valence-corrected chi connectivity index (χ3v) is 4.24. The molecule has 0 bridgehead atoms. The van der Waals surface area contributed by atoms with E-state index in [0.717, 1.165) is 9.90 Å². The van der Waals surface area contributed by atoms with E-state index in [4.69, 9.17) is 11.6 Å². The van der Waals surface area contributed by atoms with Crippen LogP contribution in [-0.2, 0) is 5.41 Å². The maximum absolute atomic E-state index is 9.51. The molecule has 0 spiro atoms. The summed E-state index contributed by atoms with van der Waals surface area (Å²) >= 11 is 7.65. The molecule has 0 N–H and O–H groups in total. The molecule has 1 aromatic rings. The molecule has 0 saturated carbocycles. The van der Waals surface area contributed by atoms with Crippen molar-refractivity contribution >= 4 is 22.9 Å². The molecular weight excluding hydrogens is 226 g/mol. The van der Waals surface area contributed by atoms with Gasteiger partial charge in [0, 0.05) is 5.56 Å². The minimum Gasteiger partial charge on any atom is -0.197 e. The summed E-state index contributed by atoms with van der Waals surface area (Å²) in [5, 5.41) is 11.5. The van der Waals surface area contributed by atoms with Crippen LogP contribution in [0.25, 0.3) is 0 Å². The molecule has 0 amide bonds. The molecule has 0 aliphatic rings. The highest BCUT2D eigenvalue weighted by atomic mass is 35.5. The van der Waals surface area contributed by atoms with Crippen molar-refractivity contribution in [3.63, 3.8) is 0 Å². The first-order valence-corrected chi connectivity index (χ1v) is 6.37. The Morgan fingerprint density at radius 3 is 2.13 bits per heavy atom. The molecule has 1 nitrogen and oxygen atoms in total. The van der Waals surface area contributed by atoms with Gasteiger partial charge in [-0.3, -0.25) is 0 Å². The normalized spacial score (nSPS) is 12.1. The molecule has 0 radical (unpaired) electrons. The minimum atomic E-state index is -0.461. The van der Waals surface area contributed by atoms with Crippen molar-refractivity contribution in [3.05, 3.63) is 21.3 Å². The van der Waals surface area contributed by atoms with E-state index in [1.54, 1.807) is 0 Å². The molecule has 1 rings (SSSR count). The minimum absolute atomic E-state index is 0.259. The summed E-state index contributed by atoms with van der Waals surface area (Å²) in [6.45, 7) is 8.32. The van der Waals surface area contributed by atoms with Crippen molar-refractivity contribution in [1.82, 2.24) is 0 Å². The summed E-state index contributed by atoms with van der Waals surface area (Å²) in [7, 11) is 0. The van der Waals surface area contributed by atoms with Gasteiger partial charge in [0.05, 0.1) is 15.8 Å². The van der Waals surface area contributed by atoms with Gasteiger partial charge in [-0.05, 0) is 23.3 Å². The molecule has 0 unspecified atom stereocenters. The summed E-state index contributed by atoms with van der Waals surface area (Å²) in [6.07, 6.45) is 0. The van der Waals surface area contributed by atoms with Crippen LogP contribution >= 0.6 is 22.9 Å². The molecule has 0 aliphatic carbocycles. The predicted octanol–water partition coefficient (Wildman–Crippen LogP) is 4.47. The molecule has 1 aromatic heterocycles. The first kappa shape index (κ1) is 12.5. The highest BCUT2D eigenvalue weighted by Gasteiger charge is 2.41. The van der Waals surface area contributed by atoms with Gasteiger partial charge in [-0.1, -0.05) is 39.3 Å². The summed E-state index contributed by atoms with van der Waals surface area (Å²) in [5.41, 5.74) is 0.526. The Morgan fingerprint density at radius 1 is 1.33 bits per heavy atom. The summed E-state index contributed by atoms with van der Waals surface area (Å²) in [4.78, 5) is 0. The maximum atomic E-state index is 9.51. The Morgan fingerprint density at radius 2 is 1.87 bits per heavy atom. The van der Waals surface area contributed by atoms with E-state index in [1.807, 2.05) is 11.4 Å². The van der Waals surface area contributed by atoms with E-state index in [0.29, 0.717) is 0 Å². The number of hydrogen-bond acceptors (Lipinski definition) is 2. The predicted molar refractivity (Wildman–Crippen MR) is 66.3 cm³/mol. The zero-order valence-corrected chi connectivity index (χ0v) is 11.1. The van der Waals surface area contributed by atoms with Crippen molar-refractivity contribution in [2.24, 2.45) is 11.8 Å². The number of rotatable bonds is 3. The summed E-state index contributed by atoms with van der Waals surface area (Å²) in [6, 6.07) is 4.46. The van der Waals surface area contributed by atoms with E-state index >= 15 is 0 Å². The number of thiophene rings is 1. The number of halogens is 1. The van der Waals surface area contributed by atoms with Crippen molar-refractivity contribution < 1.29 is 0 Å². The van der Waals surface area contributed by atoms with Crippen LogP contribution in [0, 0.1) is 23.2 Å². The largest absolute Gasteiger partial charge is 0.197 e. The van der Waals surface area contributed by atoms with Crippen LogP contribution in [0.4, 0.5) is 0 Å². The average Bonchev–Trinajstić information content (AvgIpc) is 2.53. The van der Waals surface area contributed by atoms with E-state index in [-0.39, 0.29) is 11.8 Å². The lowest BCUT2D eigenvalue weighted by Gasteiger charge is -2.34. The first-order chi connectivity index (χ1) is 6.96. The topological polar surface area (TPSA) is 23.8 Å². The van der Waals surface area contributed by atoms with E-state index in [9.17, 15) is 5.26 Å².